The van der Waals surface area contributed by atoms with Crippen LogP contribution in [0.25, 0.3) is 0 Å². The van der Waals surface area contributed by atoms with Crippen LogP contribution in [0.4, 0.5) is 4.39 Å². The number of carbonyl (C=O) groups is 1. The summed E-state index contributed by atoms with van der Waals surface area (Å²) in [6, 6.07) is 4.04. The number of halogens is 3. The van der Waals surface area contributed by atoms with E-state index < -0.39 is 5.82 Å². The molecule has 0 radical (unpaired) electrons. The van der Waals surface area contributed by atoms with Crippen LogP contribution in [-0.2, 0) is 0 Å². The SMILES string of the molecule is Cl.NCC1CCN(C(=O)c2ccc(F)c(Cl)c2)C1. The Hall–Kier alpha value is -0.840. The third-order valence-electron chi connectivity index (χ3n) is 3.07. The Bertz CT molecular complexity index is 442. The second-order valence-corrected chi connectivity index (χ2v) is 4.68. The van der Waals surface area contributed by atoms with E-state index in [1.807, 2.05) is 0 Å². The first-order valence-corrected chi connectivity index (χ1v) is 5.94. The van der Waals surface area contributed by atoms with Crippen molar-refractivity contribution in [2.75, 3.05) is 19.6 Å². The highest BCUT2D eigenvalue weighted by molar-refractivity contribution is 6.31. The molecule has 0 spiro atoms. The van der Waals surface area contributed by atoms with Gasteiger partial charge in [-0.1, -0.05) is 11.6 Å². The normalized spacial score (nSPS) is 18.6. The molecule has 1 fully saturated rings. The minimum Gasteiger partial charge on any atom is -0.338 e. The maximum absolute atomic E-state index is 13.0. The zero-order chi connectivity index (χ0) is 12.4. The predicted molar refractivity (Wildman–Crippen MR) is 71.7 cm³/mol. The molecule has 2 rings (SSSR count). The van der Waals surface area contributed by atoms with Gasteiger partial charge in [0, 0.05) is 18.7 Å². The molecule has 1 aliphatic rings. The smallest absolute Gasteiger partial charge is 0.253 e. The van der Waals surface area contributed by atoms with Crippen LogP contribution in [0.2, 0.25) is 5.02 Å². The van der Waals surface area contributed by atoms with Crippen molar-refractivity contribution in [3.63, 3.8) is 0 Å². The lowest BCUT2D eigenvalue weighted by Crippen LogP contribution is -2.29. The summed E-state index contributed by atoms with van der Waals surface area (Å²) < 4.78 is 13.0. The average Bonchev–Trinajstić information content (AvgIpc) is 2.80. The van der Waals surface area contributed by atoms with Gasteiger partial charge in [0.15, 0.2) is 0 Å². The van der Waals surface area contributed by atoms with E-state index in [-0.39, 0.29) is 23.3 Å². The highest BCUT2D eigenvalue weighted by Gasteiger charge is 2.26. The molecular formula is C12H15Cl2FN2O. The van der Waals surface area contributed by atoms with E-state index in [9.17, 15) is 9.18 Å². The number of likely N-dealkylation sites (tertiary alicyclic amines) is 1. The highest BCUT2D eigenvalue weighted by atomic mass is 35.5. The second kappa shape index (κ2) is 6.36. The van der Waals surface area contributed by atoms with E-state index in [4.69, 9.17) is 17.3 Å². The van der Waals surface area contributed by atoms with Gasteiger partial charge in [-0.05, 0) is 37.1 Å². The number of nitrogens with two attached hydrogens (primary N) is 1. The van der Waals surface area contributed by atoms with Crippen LogP contribution in [0.1, 0.15) is 16.8 Å². The molecule has 3 nitrogen and oxygen atoms in total. The summed E-state index contributed by atoms with van der Waals surface area (Å²) in [6.07, 6.45) is 0.928. The molecule has 0 aromatic heterocycles. The van der Waals surface area contributed by atoms with Gasteiger partial charge < -0.3 is 10.6 Å². The quantitative estimate of drug-likeness (QED) is 0.909. The predicted octanol–water partition coefficient (Wildman–Crippen LogP) is 2.32. The summed E-state index contributed by atoms with van der Waals surface area (Å²) in [5.74, 6) is -0.248. The third kappa shape index (κ3) is 3.13. The molecule has 1 aliphatic heterocycles. The molecule has 2 N–H and O–H groups in total. The summed E-state index contributed by atoms with van der Waals surface area (Å²) in [6.45, 7) is 1.97. The Morgan fingerprint density at radius 1 is 1.56 bits per heavy atom. The molecule has 1 heterocycles. The van der Waals surface area contributed by atoms with Gasteiger partial charge in [-0.3, -0.25) is 4.79 Å². The number of hydrogen-bond donors (Lipinski definition) is 1. The van der Waals surface area contributed by atoms with Crippen molar-refractivity contribution < 1.29 is 9.18 Å². The first-order chi connectivity index (χ1) is 8.11. The molecule has 1 aromatic carbocycles. The van der Waals surface area contributed by atoms with Gasteiger partial charge in [0.2, 0.25) is 0 Å². The summed E-state index contributed by atoms with van der Waals surface area (Å²) in [5, 5.41) is -0.0228. The van der Waals surface area contributed by atoms with Crippen molar-refractivity contribution in [3.05, 3.63) is 34.6 Å². The molecule has 0 aliphatic carbocycles. The topological polar surface area (TPSA) is 46.3 Å². The van der Waals surface area contributed by atoms with Gasteiger partial charge in [-0.25, -0.2) is 4.39 Å². The lowest BCUT2D eigenvalue weighted by molar-refractivity contribution is 0.0787. The fourth-order valence-electron chi connectivity index (χ4n) is 2.02. The molecule has 1 unspecified atom stereocenters. The zero-order valence-electron chi connectivity index (χ0n) is 9.73. The molecule has 18 heavy (non-hydrogen) atoms. The van der Waals surface area contributed by atoms with E-state index in [1.54, 1.807) is 4.90 Å². The first-order valence-electron chi connectivity index (χ1n) is 5.56. The van der Waals surface area contributed by atoms with E-state index in [0.717, 1.165) is 6.42 Å². The van der Waals surface area contributed by atoms with Crippen molar-refractivity contribution in [1.82, 2.24) is 4.90 Å². The Balaban J connectivity index is 0.00000162. The van der Waals surface area contributed by atoms with Crippen LogP contribution < -0.4 is 5.73 Å². The Kier molecular flexibility index (Phi) is 5.38. The molecule has 1 aromatic rings. The number of rotatable bonds is 2. The molecule has 100 valence electrons. The Morgan fingerprint density at radius 2 is 2.28 bits per heavy atom. The van der Waals surface area contributed by atoms with Crippen molar-refractivity contribution >= 4 is 29.9 Å². The number of benzene rings is 1. The van der Waals surface area contributed by atoms with Gasteiger partial charge in [0.1, 0.15) is 5.82 Å². The number of amides is 1. The van der Waals surface area contributed by atoms with Crippen LogP contribution in [0.3, 0.4) is 0 Å². The highest BCUT2D eigenvalue weighted by Crippen LogP contribution is 2.21. The van der Waals surface area contributed by atoms with E-state index >= 15 is 0 Å². The first kappa shape index (κ1) is 15.2. The van der Waals surface area contributed by atoms with E-state index in [1.165, 1.54) is 18.2 Å². The van der Waals surface area contributed by atoms with Gasteiger partial charge in [0.05, 0.1) is 5.02 Å². The van der Waals surface area contributed by atoms with Crippen LogP contribution in [-0.4, -0.2) is 30.4 Å². The largest absolute Gasteiger partial charge is 0.338 e. The van der Waals surface area contributed by atoms with Crippen molar-refractivity contribution in [2.45, 2.75) is 6.42 Å². The van der Waals surface area contributed by atoms with Gasteiger partial charge >= 0.3 is 0 Å². The Morgan fingerprint density at radius 3 is 2.83 bits per heavy atom. The van der Waals surface area contributed by atoms with Crippen molar-refractivity contribution in [2.24, 2.45) is 11.7 Å². The average molecular weight is 293 g/mol. The lowest BCUT2D eigenvalue weighted by Gasteiger charge is -2.16. The lowest BCUT2D eigenvalue weighted by atomic mass is 10.1. The second-order valence-electron chi connectivity index (χ2n) is 4.27. The fraction of sp³-hybridized carbons (Fsp3) is 0.417. The maximum Gasteiger partial charge on any atom is 0.253 e. The fourth-order valence-corrected chi connectivity index (χ4v) is 2.20. The van der Waals surface area contributed by atoms with Crippen LogP contribution in [0.5, 0.6) is 0 Å². The number of carbonyl (C=O) groups excluding carboxylic acids is 1. The van der Waals surface area contributed by atoms with Crippen LogP contribution in [0.15, 0.2) is 18.2 Å². The van der Waals surface area contributed by atoms with Crippen LogP contribution >= 0.6 is 24.0 Å². The summed E-state index contributed by atoms with van der Waals surface area (Å²) in [4.78, 5) is 13.8. The molecule has 1 amide bonds. The van der Waals surface area contributed by atoms with Crippen molar-refractivity contribution in [1.29, 1.82) is 0 Å². The standard InChI is InChI=1S/C12H14ClFN2O.ClH/c13-10-5-9(1-2-11(10)14)12(17)16-4-3-8(6-15)7-16;/h1-2,5,8H,3-4,6-7,15H2;1H. The minimum absolute atomic E-state index is 0. The van der Waals surface area contributed by atoms with Gasteiger partial charge in [-0.2, -0.15) is 0 Å². The molecule has 1 atom stereocenters. The summed E-state index contributed by atoms with van der Waals surface area (Å²) in [7, 11) is 0. The van der Waals surface area contributed by atoms with Gasteiger partial charge in [-0.15, -0.1) is 12.4 Å². The summed E-state index contributed by atoms with van der Waals surface area (Å²) >= 11 is 5.65. The number of hydrogen-bond acceptors (Lipinski definition) is 2. The molecule has 0 bridgehead atoms. The molecule has 1 saturated heterocycles. The zero-order valence-corrected chi connectivity index (χ0v) is 11.3. The van der Waals surface area contributed by atoms with E-state index in [0.29, 0.717) is 31.1 Å². The summed E-state index contributed by atoms with van der Waals surface area (Å²) in [5.41, 5.74) is 6.00. The Labute approximate surface area is 116 Å². The molecule has 6 heteroatoms. The van der Waals surface area contributed by atoms with E-state index in [2.05, 4.69) is 0 Å². The molecule has 0 saturated carbocycles. The minimum atomic E-state index is -0.510. The van der Waals surface area contributed by atoms with Crippen LogP contribution in [0, 0.1) is 11.7 Å². The van der Waals surface area contributed by atoms with Crippen molar-refractivity contribution in [3.8, 4) is 0 Å². The maximum atomic E-state index is 13.0. The number of nitrogens with zero attached hydrogens (tertiary/aromatic N) is 1. The van der Waals surface area contributed by atoms with Gasteiger partial charge in [0.25, 0.3) is 5.91 Å². The molecular weight excluding hydrogens is 278 g/mol. The monoisotopic (exact) mass is 292 g/mol. The third-order valence-corrected chi connectivity index (χ3v) is 3.36.